The van der Waals surface area contributed by atoms with Gasteiger partial charge in [0, 0.05) is 38.7 Å². The van der Waals surface area contributed by atoms with Gasteiger partial charge in [-0.2, -0.15) is 13.2 Å². The van der Waals surface area contributed by atoms with Gasteiger partial charge in [-0.25, -0.2) is 0 Å². The van der Waals surface area contributed by atoms with Gasteiger partial charge in [0.2, 0.25) is 0 Å². The van der Waals surface area contributed by atoms with Crippen LogP contribution in [0.1, 0.15) is 27.2 Å². The molecule has 2 rings (SSSR count). The van der Waals surface area contributed by atoms with E-state index in [1.165, 1.54) is 8.93 Å². The Balaban J connectivity index is 2.24. The highest BCUT2D eigenvalue weighted by Gasteiger charge is 2.31. The summed E-state index contributed by atoms with van der Waals surface area (Å²) < 4.78 is 38.1. The second-order valence-corrected chi connectivity index (χ2v) is 6.40. The molecule has 0 aliphatic heterocycles. The topological polar surface area (TPSA) is 42.0 Å². The van der Waals surface area contributed by atoms with Gasteiger partial charge < -0.3 is 5.32 Å². The fourth-order valence-corrected chi connectivity index (χ4v) is 2.31. The molecule has 8 heteroatoms. The Morgan fingerprint density at radius 2 is 2.04 bits per heavy atom. The molecule has 3 nitrogen and oxygen atoms in total. The molecule has 2 aromatic rings. The summed E-state index contributed by atoms with van der Waals surface area (Å²) in [6.45, 7) is 1.88. The number of aryl methyl sites for hydroxylation is 1. The van der Waals surface area contributed by atoms with E-state index in [-0.39, 0.29) is 5.69 Å². The molecule has 1 amide bonds. The lowest BCUT2D eigenvalue weighted by molar-refractivity contribution is -0.137. The number of pyridine rings is 1. The second kappa shape index (κ2) is 7.90. The zero-order valence-electron chi connectivity index (χ0n) is 12.2. The van der Waals surface area contributed by atoms with Crippen molar-refractivity contribution in [3.05, 3.63) is 58.9 Å². The largest absolute Gasteiger partial charge is 0.416 e. The highest BCUT2D eigenvalue weighted by Crippen LogP contribution is 2.29. The molecule has 1 aromatic heterocycles. The van der Waals surface area contributed by atoms with Crippen molar-refractivity contribution in [3.63, 3.8) is 0 Å². The average molecular weight is 462 g/mol. The van der Waals surface area contributed by atoms with Crippen molar-refractivity contribution < 1.29 is 18.0 Å². The highest BCUT2D eigenvalue weighted by atomic mass is 127. The van der Waals surface area contributed by atoms with Crippen LogP contribution in [0.2, 0.25) is 0 Å². The molecular weight excluding hydrogens is 452 g/mol. The first-order chi connectivity index (χ1) is 11.3. The van der Waals surface area contributed by atoms with Crippen molar-refractivity contribution >= 4 is 41.7 Å². The van der Waals surface area contributed by atoms with Crippen molar-refractivity contribution in [2.24, 2.45) is 0 Å². The Hall–Kier alpha value is -1.73. The fourth-order valence-electron chi connectivity index (χ4n) is 1.83. The van der Waals surface area contributed by atoms with E-state index in [0.717, 1.165) is 29.5 Å². The number of aromatic nitrogens is 1. The van der Waals surface area contributed by atoms with Gasteiger partial charge in [0.15, 0.2) is 0 Å². The van der Waals surface area contributed by atoms with Gasteiger partial charge in [0.25, 0.3) is 5.91 Å². The summed E-state index contributed by atoms with van der Waals surface area (Å²) in [6, 6.07) is 6.63. The lowest BCUT2D eigenvalue weighted by Gasteiger charge is -2.09. The molecule has 0 saturated heterocycles. The van der Waals surface area contributed by atoms with E-state index in [2.05, 4.69) is 21.5 Å². The third kappa shape index (κ3) is 4.88. The maximum Gasteiger partial charge on any atom is 0.416 e. The van der Waals surface area contributed by atoms with E-state index < -0.39 is 17.6 Å². The minimum absolute atomic E-state index is 0.305. The number of hydrogen-bond donors (Lipinski definition) is 1. The van der Waals surface area contributed by atoms with Crippen molar-refractivity contribution in [1.29, 1.82) is 0 Å². The van der Waals surface area contributed by atoms with Crippen LogP contribution in [0.3, 0.4) is 0 Å². The Morgan fingerprint density at radius 3 is 2.71 bits per heavy atom. The van der Waals surface area contributed by atoms with Gasteiger partial charge in [0.05, 0.1) is 5.56 Å². The van der Waals surface area contributed by atoms with E-state index in [1.54, 1.807) is 18.2 Å². The van der Waals surface area contributed by atoms with E-state index >= 15 is 0 Å². The first-order valence-corrected chi connectivity index (χ1v) is 9.91. The summed E-state index contributed by atoms with van der Waals surface area (Å²) in [5, 5.41) is 5.38. The van der Waals surface area contributed by atoms with Crippen molar-refractivity contribution in [1.82, 2.24) is 4.98 Å². The first-order valence-electron chi connectivity index (χ1n) is 6.55. The average Bonchev–Trinajstić information content (AvgIpc) is 2.54. The standard InChI is InChI=1S/C16H10F3IN2OS/c1-10-2-3-13(8-11(10)5-7-24-20)22-15(23)14-9-12(4-6-21-14)16(17,18)19/h2-4,6,8-9H,1H3,(H,22,23). The van der Waals surface area contributed by atoms with Crippen LogP contribution < -0.4 is 5.32 Å². The third-order valence-electron chi connectivity index (χ3n) is 3.04. The quantitative estimate of drug-likeness (QED) is 0.502. The summed E-state index contributed by atoms with van der Waals surface area (Å²) >= 11 is 2.04. The number of benzene rings is 1. The molecule has 24 heavy (non-hydrogen) atoms. The van der Waals surface area contributed by atoms with Gasteiger partial charge in [-0.15, -0.1) is 0 Å². The number of halogens is 4. The maximum absolute atomic E-state index is 12.7. The second-order valence-electron chi connectivity index (χ2n) is 4.72. The molecule has 0 unspecified atom stereocenters. The lowest BCUT2D eigenvalue weighted by Crippen LogP contribution is -2.15. The summed E-state index contributed by atoms with van der Waals surface area (Å²) in [7, 11) is 1.33. The van der Waals surface area contributed by atoms with Gasteiger partial charge in [-0.3, -0.25) is 9.78 Å². The van der Waals surface area contributed by atoms with Gasteiger partial charge in [-0.1, -0.05) is 12.0 Å². The molecule has 1 heterocycles. The number of rotatable bonds is 2. The summed E-state index contributed by atoms with van der Waals surface area (Å²) in [6.07, 6.45) is -3.57. The van der Waals surface area contributed by atoms with Crippen LogP contribution in [0.25, 0.3) is 0 Å². The number of amides is 1. The molecule has 1 aromatic carbocycles. The fraction of sp³-hybridized carbons (Fsp3) is 0.125. The number of carbonyl (C=O) groups is 1. The molecule has 0 aliphatic carbocycles. The maximum atomic E-state index is 12.7. The smallest absolute Gasteiger partial charge is 0.321 e. The van der Waals surface area contributed by atoms with Crippen LogP contribution in [0.5, 0.6) is 0 Å². The van der Waals surface area contributed by atoms with Gasteiger partial charge in [0.1, 0.15) is 5.69 Å². The molecular formula is C16H10F3IN2OS. The van der Waals surface area contributed by atoms with E-state index in [9.17, 15) is 18.0 Å². The van der Waals surface area contributed by atoms with Crippen LogP contribution >= 0.6 is 30.1 Å². The predicted molar refractivity (Wildman–Crippen MR) is 96.9 cm³/mol. The summed E-state index contributed by atoms with van der Waals surface area (Å²) in [5.74, 6) is 2.22. The van der Waals surface area contributed by atoms with Crippen LogP contribution in [0.4, 0.5) is 18.9 Å². The molecule has 0 fully saturated rings. The molecule has 0 radical (unpaired) electrons. The Bertz CT molecular complexity index is 828. The van der Waals surface area contributed by atoms with Crippen LogP contribution in [0.15, 0.2) is 36.5 Å². The van der Waals surface area contributed by atoms with Gasteiger partial charge >= 0.3 is 6.18 Å². The SMILES string of the molecule is Cc1ccc(NC(=O)c2cc(C(F)(F)F)ccn2)cc1C#CSI. The predicted octanol–water partition coefficient (Wildman–Crippen LogP) is 5.05. The minimum Gasteiger partial charge on any atom is -0.321 e. The molecule has 0 atom stereocenters. The Morgan fingerprint density at radius 1 is 1.29 bits per heavy atom. The van der Waals surface area contributed by atoms with Crippen molar-refractivity contribution in [2.45, 2.75) is 13.1 Å². The number of anilines is 1. The number of nitrogens with zero attached hydrogens (tertiary/aromatic N) is 1. The monoisotopic (exact) mass is 462 g/mol. The van der Waals surface area contributed by atoms with Crippen LogP contribution in [-0.4, -0.2) is 10.9 Å². The lowest BCUT2D eigenvalue weighted by atomic mass is 10.1. The first kappa shape index (κ1) is 18.6. The van der Waals surface area contributed by atoms with E-state index in [1.807, 2.05) is 28.1 Å². The van der Waals surface area contributed by atoms with Crippen LogP contribution in [-0.2, 0) is 6.18 Å². The Labute approximate surface area is 153 Å². The summed E-state index contributed by atoms with van der Waals surface area (Å²) in [4.78, 5) is 15.8. The number of nitrogens with one attached hydrogen (secondary N) is 1. The summed E-state index contributed by atoms with van der Waals surface area (Å²) in [5.41, 5.74) is 0.878. The van der Waals surface area contributed by atoms with Crippen molar-refractivity contribution in [2.75, 3.05) is 5.32 Å². The van der Waals surface area contributed by atoms with Crippen LogP contribution in [0, 0.1) is 18.1 Å². The number of carbonyl (C=O) groups excluding carboxylic acids is 1. The molecule has 0 aliphatic rings. The normalized spacial score (nSPS) is 10.7. The molecule has 0 saturated carbocycles. The minimum atomic E-state index is -4.53. The zero-order valence-corrected chi connectivity index (χ0v) is 15.2. The zero-order chi connectivity index (χ0) is 17.7. The molecule has 1 N–H and O–H groups in total. The van der Waals surface area contributed by atoms with Gasteiger partial charge in [-0.05, 0) is 50.9 Å². The molecule has 0 spiro atoms. The highest BCUT2D eigenvalue weighted by molar-refractivity contribution is 14.2. The molecule has 124 valence electrons. The number of alkyl halides is 3. The molecule has 0 bridgehead atoms. The third-order valence-corrected chi connectivity index (χ3v) is 3.88. The van der Waals surface area contributed by atoms with E-state index in [4.69, 9.17) is 0 Å². The number of hydrogen-bond acceptors (Lipinski definition) is 3. The Kier molecular flexibility index (Phi) is 6.12. The van der Waals surface area contributed by atoms with E-state index in [0.29, 0.717) is 5.69 Å². The van der Waals surface area contributed by atoms with Crippen molar-refractivity contribution in [3.8, 4) is 11.2 Å².